The Kier molecular flexibility index (Phi) is 4.07. The van der Waals surface area contributed by atoms with Crippen molar-refractivity contribution in [2.45, 2.75) is 37.6 Å². The number of rotatable bonds is 4. The molecule has 0 aliphatic heterocycles. The van der Waals surface area contributed by atoms with E-state index in [2.05, 4.69) is 29.0 Å². The highest BCUT2D eigenvalue weighted by Crippen LogP contribution is 2.32. The van der Waals surface area contributed by atoms with Crippen LogP contribution in [0.4, 0.5) is 5.82 Å². The van der Waals surface area contributed by atoms with Gasteiger partial charge in [-0.1, -0.05) is 13.8 Å². The first-order valence-electron chi connectivity index (χ1n) is 6.39. The van der Waals surface area contributed by atoms with Crippen LogP contribution in [0.25, 0.3) is 0 Å². The topological polar surface area (TPSA) is 97.1 Å². The summed E-state index contributed by atoms with van der Waals surface area (Å²) in [4.78, 5) is 4.08. The summed E-state index contributed by atoms with van der Waals surface area (Å²) in [6.45, 7) is 4.24. The maximum absolute atomic E-state index is 12.2. The number of nitrogens with zero attached hydrogens (tertiary/aromatic N) is 1. The molecule has 1 aliphatic carbocycles. The van der Waals surface area contributed by atoms with E-state index in [1.54, 1.807) is 0 Å². The fourth-order valence-corrected chi connectivity index (χ4v) is 3.73. The van der Waals surface area contributed by atoms with Gasteiger partial charge in [-0.05, 0) is 36.8 Å². The quantitative estimate of drug-likeness (QED) is 0.568. The van der Waals surface area contributed by atoms with E-state index in [0.717, 1.165) is 12.8 Å². The van der Waals surface area contributed by atoms with Gasteiger partial charge in [0.15, 0.2) is 0 Å². The van der Waals surface area contributed by atoms with Crippen LogP contribution >= 0.6 is 0 Å². The minimum absolute atomic E-state index is 0.00677. The normalized spacial score (nSPS) is 27.4. The predicted molar refractivity (Wildman–Crippen MR) is 73.7 cm³/mol. The summed E-state index contributed by atoms with van der Waals surface area (Å²) in [5.41, 5.74) is 2.37. The SMILES string of the molecule is CC1CCC(NS(=O)(=O)c2ccc(NN)nc2)C1C. The molecule has 1 aromatic rings. The van der Waals surface area contributed by atoms with E-state index in [-0.39, 0.29) is 10.9 Å². The first-order valence-corrected chi connectivity index (χ1v) is 7.87. The molecule has 0 bridgehead atoms. The Morgan fingerprint density at radius 2 is 2.05 bits per heavy atom. The summed E-state index contributed by atoms with van der Waals surface area (Å²) < 4.78 is 27.2. The van der Waals surface area contributed by atoms with Gasteiger partial charge in [0.2, 0.25) is 10.0 Å². The first kappa shape index (κ1) is 14.2. The number of anilines is 1. The summed E-state index contributed by atoms with van der Waals surface area (Å²) in [5.74, 6) is 6.53. The lowest BCUT2D eigenvalue weighted by molar-refractivity contribution is 0.402. The zero-order chi connectivity index (χ0) is 14.0. The van der Waals surface area contributed by atoms with Gasteiger partial charge in [0.05, 0.1) is 0 Å². The van der Waals surface area contributed by atoms with Gasteiger partial charge in [-0.2, -0.15) is 0 Å². The lowest BCUT2D eigenvalue weighted by atomic mass is 9.98. The maximum Gasteiger partial charge on any atom is 0.242 e. The average molecular weight is 284 g/mol. The first-order chi connectivity index (χ1) is 8.94. The summed E-state index contributed by atoms with van der Waals surface area (Å²) in [6.07, 6.45) is 3.25. The number of hydrazine groups is 1. The van der Waals surface area contributed by atoms with Crippen molar-refractivity contribution >= 4 is 15.8 Å². The number of hydrogen-bond donors (Lipinski definition) is 3. The number of sulfonamides is 1. The van der Waals surface area contributed by atoms with Gasteiger partial charge in [0.25, 0.3) is 0 Å². The van der Waals surface area contributed by atoms with Crippen LogP contribution in [0.3, 0.4) is 0 Å². The second kappa shape index (κ2) is 5.44. The molecular formula is C12H20N4O2S. The van der Waals surface area contributed by atoms with Gasteiger partial charge in [-0.3, -0.25) is 0 Å². The monoisotopic (exact) mass is 284 g/mol. The number of nitrogens with one attached hydrogen (secondary N) is 2. The van der Waals surface area contributed by atoms with Crippen LogP contribution in [0.1, 0.15) is 26.7 Å². The minimum atomic E-state index is -3.51. The van der Waals surface area contributed by atoms with Crippen LogP contribution in [0.2, 0.25) is 0 Å². The molecule has 0 saturated heterocycles. The van der Waals surface area contributed by atoms with Gasteiger partial charge in [0.1, 0.15) is 10.7 Å². The Morgan fingerprint density at radius 3 is 2.53 bits per heavy atom. The molecule has 3 atom stereocenters. The van der Waals surface area contributed by atoms with Crippen LogP contribution in [-0.4, -0.2) is 19.4 Å². The largest absolute Gasteiger partial charge is 0.308 e. The third kappa shape index (κ3) is 3.05. The molecule has 0 radical (unpaired) electrons. The standard InChI is InChI=1S/C12H20N4O2S/c1-8-3-5-11(9(8)2)16-19(17,18)10-4-6-12(15-13)14-7-10/h4,6-9,11,16H,3,5,13H2,1-2H3,(H,14,15). The van der Waals surface area contributed by atoms with E-state index in [0.29, 0.717) is 17.7 Å². The summed E-state index contributed by atoms with van der Waals surface area (Å²) >= 11 is 0. The Bertz CT molecular complexity index is 529. The molecule has 7 heteroatoms. The highest BCUT2D eigenvalue weighted by Gasteiger charge is 2.33. The molecule has 1 heterocycles. The van der Waals surface area contributed by atoms with E-state index in [4.69, 9.17) is 5.84 Å². The molecule has 0 aromatic carbocycles. The van der Waals surface area contributed by atoms with Crippen molar-refractivity contribution < 1.29 is 8.42 Å². The molecule has 2 rings (SSSR count). The molecular weight excluding hydrogens is 264 g/mol. The molecule has 1 saturated carbocycles. The van der Waals surface area contributed by atoms with Crippen molar-refractivity contribution in [1.82, 2.24) is 9.71 Å². The van der Waals surface area contributed by atoms with Crippen molar-refractivity contribution in [1.29, 1.82) is 0 Å². The third-order valence-corrected chi connectivity index (χ3v) is 5.44. The van der Waals surface area contributed by atoms with Gasteiger partial charge in [-0.25, -0.2) is 24.0 Å². The fourth-order valence-electron chi connectivity index (χ4n) is 2.42. The van der Waals surface area contributed by atoms with Crippen LogP contribution in [-0.2, 0) is 10.0 Å². The van der Waals surface area contributed by atoms with Crippen molar-refractivity contribution in [3.8, 4) is 0 Å². The molecule has 19 heavy (non-hydrogen) atoms. The Hall–Kier alpha value is -1.18. The van der Waals surface area contributed by atoms with E-state index in [1.165, 1.54) is 18.3 Å². The zero-order valence-corrected chi connectivity index (χ0v) is 11.9. The van der Waals surface area contributed by atoms with Gasteiger partial charge in [-0.15, -0.1) is 0 Å². The van der Waals surface area contributed by atoms with E-state index < -0.39 is 10.0 Å². The molecule has 106 valence electrons. The lowest BCUT2D eigenvalue weighted by Crippen LogP contribution is -2.37. The lowest BCUT2D eigenvalue weighted by Gasteiger charge is -2.19. The van der Waals surface area contributed by atoms with E-state index in [9.17, 15) is 8.42 Å². The number of nitrogens with two attached hydrogens (primary N) is 1. The zero-order valence-electron chi connectivity index (χ0n) is 11.1. The highest BCUT2D eigenvalue weighted by molar-refractivity contribution is 7.89. The smallest absolute Gasteiger partial charge is 0.242 e. The minimum Gasteiger partial charge on any atom is -0.308 e. The molecule has 3 unspecified atom stereocenters. The predicted octanol–water partition coefficient (Wildman–Crippen LogP) is 1.08. The van der Waals surface area contributed by atoms with Crippen LogP contribution in [0.5, 0.6) is 0 Å². The second-order valence-electron chi connectivity index (χ2n) is 5.17. The molecule has 1 fully saturated rings. The van der Waals surface area contributed by atoms with Crippen LogP contribution < -0.4 is 16.0 Å². The number of pyridine rings is 1. The fraction of sp³-hybridized carbons (Fsp3) is 0.583. The van der Waals surface area contributed by atoms with Crippen molar-refractivity contribution in [3.63, 3.8) is 0 Å². The number of hydrogen-bond acceptors (Lipinski definition) is 5. The number of aromatic nitrogens is 1. The van der Waals surface area contributed by atoms with Crippen LogP contribution in [0, 0.1) is 11.8 Å². The van der Waals surface area contributed by atoms with Crippen LogP contribution in [0.15, 0.2) is 23.2 Å². The Balaban J connectivity index is 2.13. The van der Waals surface area contributed by atoms with Crippen molar-refractivity contribution in [2.75, 3.05) is 5.43 Å². The second-order valence-corrected chi connectivity index (χ2v) is 6.88. The molecule has 4 N–H and O–H groups in total. The third-order valence-electron chi connectivity index (χ3n) is 3.97. The Labute approximate surface area is 113 Å². The summed E-state index contributed by atoms with van der Waals surface area (Å²) in [5, 5.41) is 0. The molecule has 0 amide bonds. The van der Waals surface area contributed by atoms with Gasteiger partial charge < -0.3 is 5.43 Å². The van der Waals surface area contributed by atoms with Gasteiger partial charge >= 0.3 is 0 Å². The molecule has 6 nitrogen and oxygen atoms in total. The molecule has 1 aliphatic rings. The number of nitrogen functional groups attached to an aromatic ring is 1. The highest BCUT2D eigenvalue weighted by atomic mass is 32.2. The Morgan fingerprint density at radius 1 is 1.32 bits per heavy atom. The summed E-state index contributed by atoms with van der Waals surface area (Å²) in [6, 6.07) is 3.04. The maximum atomic E-state index is 12.2. The average Bonchev–Trinajstić information content (AvgIpc) is 2.70. The molecule has 1 aromatic heterocycles. The van der Waals surface area contributed by atoms with E-state index in [1.807, 2.05) is 0 Å². The van der Waals surface area contributed by atoms with E-state index >= 15 is 0 Å². The van der Waals surface area contributed by atoms with Gasteiger partial charge in [0, 0.05) is 12.2 Å². The van der Waals surface area contributed by atoms with Crippen molar-refractivity contribution in [2.24, 2.45) is 17.7 Å². The molecule has 0 spiro atoms. The summed E-state index contributed by atoms with van der Waals surface area (Å²) in [7, 11) is -3.51. The van der Waals surface area contributed by atoms with Crippen molar-refractivity contribution in [3.05, 3.63) is 18.3 Å².